The Morgan fingerprint density at radius 2 is 1.33 bits per heavy atom. The molecule has 1 aliphatic heterocycles. The summed E-state index contributed by atoms with van der Waals surface area (Å²) in [4.78, 5) is 0. The van der Waals surface area contributed by atoms with E-state index in [1.165, 1.54) is 38.9 Å². The number of anilines is 1. The van der Waals surface area contributed by atoms with E-state index in [1.54, 1.807) is 7.11 Å². The van der Waals surface area contributed by atoms with E-state index in [-0.39, 0.29) is 10.8 Å². The molecule has 3 aromatic rings. The molecule has 0 amide bonds. The Bertz CT molecular complexity index is 1060. The fraction of sp³-hybridized carbons (Fsp3) is 0.357. The molecule has 0 spiro atoms. The number of nitrogens with one attached hydrogen (secondary N) is 1. The maximum atomic E-state index is 5.38. The van der Waals surface area contributed by atoms with Crippen molar-refractivity contribution in [3.8, 4) is 28.0 Å². The van der Waals surface area contributed by atoms with E-state index in [2.05, 4.69) is 95.4 Å². The van der Waals surface area contributed by atoms with Gasteiger partial charge in [-0.3, -0.25) is 0 Å². The van der Waals surface area contributed by atoms with Crippen molar-refractivity contribution in [2.24, 2.45) is 0 Å². The van der Waals surface area contributed by atoms with Crippen LogP contribution in [0.2, 0.25) is 0 Å². The molecule has 0 radical (unpaired) electrons. The van der Waals surface area contributed by atoms with Gasteiger partial charge in [0.25, 0.3) is 0 Å². The topological polar surface area (TPSA) is 21.3 Å². The van der Waals surface area contributed by atoms with E-state index in [0.717, 1.165) is 18.0 Å². The first-order valence-corrected chi connectivity index (χ1v) is 10.8. The molecule has 0 unspecified atom stereocenters. The maximum Gasteiger partial charge on any atom is 0.120 e. The van der Waals surface area contributed by atoms with Crippen LogP contribution in [0.25, 0.3) is 22.3 Å². The van der Waals surface area contributed by atoms with Gasteiger partial charge in [-0.2, -0.15) is 0 Å². The van der Waals surface area contributed by atoms with E-state index in [1.807, 2.05) is 6.07 Å². The molecular formula is C28H33NO. The second-order valence-corrected chi connectivity index (χ2v) is 10.4. The molecule has 1 aliphatic rings. The summed E-state index contributed by atoms with van der Waals surface area (Å²) < 4.78 is 5.38. The van der Waals surface area contributed by atoms with Crippen molar-refractivity contribution in [2.75, 3.05) is 12.4 Å². The van der Waals surface area contributed by atoms with E-state index >= 15 is 0 Å². The molecule has 0 saturated heterocycles. The van der Waals surface area contributed by atoms with Gasteiger partial charge >= 0.3 is 0 Å². The van der Waals surface area contributed by atoms with E-state index in [4.69, 9.17) is 4.74 Å². The summed E-state index contributed by atoms with van der Waals surface area (Å²) in [5, 5.41) is 3.56. The van der Waals surface area contributed by atoms with Crippen molar-refractivity contribution >= 4 is 5.69 Å². The van der Waals surface area contributed by atoms with Gasteiger partial charge in [0.1, 0.15) is 5.75 Å². The largest absolute Gasteiger partial charge is 0.497 e. The molecule has 2 heteroatoms. The van der Waals surface area contributed by atoms with Gasteiger partial charge in [0.05, 0.1) is 7.11 Å². The average molecular weight is 400 g/mol. The van der Waals surface area contributed by atoms with E-state index in [0.29, 0.717) is 0 Å². The van der Waals surface area contributed by atoms with Crippen LogP contribution in [0.1, 0.15) is 58.2 Å². The third-order valence-corrected chi connectivity index (χ3v) is 6.09. The van der Waals surface area contributed by atoms with Crippen molar-refractivity contribution in [3.63, 3.8) is 0 Å². The Morgan fingerprint density at radius 1 is 0.700 bits per heavy atom. The van der Waals surface area contributed by atoms with Crippen molar-refractivity contribution in [2.45, 2.75) is 58.9 Å². The van der Waals surface area contributed by atoms with Gasteiger partial charge in [-0.25, -0.2) is 0 Å². The SMILES string of the molecule is COc1ccc2c(c1)NCc1cc(-c3cc(C(C)(C)C)cc(C(C)(C)C)c3)ccc1-2. The van der Waals surface area contributed by atoms with Crippen molar-refractivity contribution in [1.82, 2.24) is 0 Å². The van der Waals surface area contributed by atoms with Crippen LogP contribution < -0.4 is 10.1 Å². The highest BCUT2D eigenvalue weighted by Crippen LogP contribution is 2.40. The molecule has 0 fully saturated rings. The fourth-order valence-electron chi connectivity index (χ4n) is 4.06. The predicted octanol–water partition coefficient (Wildman–Crippen LogP) is 7.55. The van der Waals surface area contributed by atoms with Gasteiger partial charge < -0.3 is 10.1 Å². The first kappa shape index (κ1) is 20.5. The van der Waals surface area contributed by atoms with Crippen LogP contribution in [0.15, 0.2) is 54.6 Å². The average Bonchev–Trinajstić information content (AvgIpc) is 2.71. The lowest BCUT2D eigenvalue weighted by atomic mass is 9.78. The minimum atomic E-state index is 0.115. The summed E-state index contributed by atoms with van der Waals surface area (Å²) in [5.74, 6) is 0.884. The number of ether oxygens (including phenoxy) is 1. The van der Waals surface area contributed by atoms with Gasteiger partial charge in [-0.1, -0.05) is 71.9 Å². The molecule has 30 heavy (non-hydrogen) atoms. The number of hydrogen-bond donors (Lipinski definition) is 1. The first-order valence-electron chi connectivity index (χ1n) is 10.8. The molecule has 0 atom stereocenters. The highest BCUT2D eigenvalue weighted by atomic mass is 16.5. The number of hydrogen-bond acceptors (Lipinski definition) is 2. The third kappa shape index (κ3) is 3.84. The minimum Gasteiger partial charge on any atom is -0.497 e. The first-order chi connectivity index (χ1) is 14.1. The molecular weight excluding hydrogens is 366 g/mol. The summed E-state index contributed by atoms with van der Waals surface area (Å²) in [5.41, 5.74) is 10.6. The van der Waals surface area contributed by atoms with E-state index < -0.39 is 0 Å². The van der Waals surface area contributed by atoms with Gasteiger partial charge in [-0.15, -0.1) is 0 Å². The number of fused-ring (bicyclic) bond motifs is 3. The monoisotopic (exact) mass is 399 g/mol. The van der Waals surface area contributed by atoms with Gasteiger partial charge in [-0.05, 0) is 62.4 Å². The Morgan fingerprint density at radius 3 is 1.93 bits per heavy atom. The lowest BCUT2D eigenvalue weighted by molar-refractivity contribution is 0.415. The molecule has 156 valence electrons. The number of rotatable bonds is 2. The maximum absolute atomic E-state index is 5.38. The zero-order valence-corrected chi connectivity index (χ0v) is 19.3. The van der Waals surface area contributed by atoms with E-state index in [9.17, 15) is 0 Å². The smallest absolute Gasteiger partial charge is 0.120 e. The van der Waals surface area contributed by atoms with Crippen LogP contribution in [-0.4, -0.2) is 7.11 Å². The zero-order valence-electron chi connectivity index (χ0n) is 19.3. The van der Waals surface area contributed by atoms with Crippen LogP contribution in [0.5, 0.6) is 5.75 Å². The van der Waals surface area contributed by atoms with Gasteiger partial charge in [0.15, 0.2) is 0 Å². The number of methoxy groups -OCH3 is 1. The highest BCUT2D eigenvalue weighted by molar-refractivity contribution is 5.85. The van der Waals surface area contributed by atoms with Crippen LogP contribution in [0.4, 0.5) is 5.69 Å². The Hall–Kier alpha value is -2.74. The second-order valence-electron chi connectivity index (χ2n) is 10.4. The molecule has 4 rings (SSSR count). The van der Waals surface area contributed by atoms with Crippen LogP contribution >= 0.6 is 0 Å². The Kier molecular flexibility index (Phi) is 4.92. The molecule has 2 nitrogen and oxygen atoms in total. The minimum absolute atomic E-state index is 0.115. The van der Waals surface area contributed by atoms with Crippen LogP contribution in [0, 0.1) is 0 Å². The van der Waals surface area contributed by atoms with Crippen LogP contribution in [-0.2, 0) is 17.4 Å². The Labute approximate surface area is 181 Å². The molecule has 0 aliphatic carbocycles. The van der Waals surface area contributed by atoms with Crippen molar-refractivity contribution < 1.29 is 4.74 Å². The summed E-state index contributed by atoms with van der Waals surface area (Å²) in [7, 11) is 1.71. The summed E-state index contributed by atoms with van der Waals surface area (Å²) in [6.07, 6.45) is 0. The van der Waals surface area contributed by atoms with Crippen LogP contribution in [0.3, 0.4) is 0 Å². The zero-order chi connectivity index (χ0) is 21.7. The summed E-state index contributed by atoms with van der Waals surface area (Å²) in [6.45, 7) is 14.6. The van der Waals surface area contributed by atoms with Crippen molar-refractivity contribution in [3.05, 3.63) is 71.3 Å². The fourth-order valence-corrected chi connectivity index (χ4v) is 4.06. The molecule has 1 N–H and O–H groups in total. The highest BCUT2D eigenvalue weighted by Gasteiger charge is 2.22. The molecule has 1 heterocycles. The second kappa shape index (κ2) is 7.19. The molecule has 0 bridgehead atoms. The summed E-state index contributed by atoms with van der Waals surface area (Å²) >= 11 is 0. The number of benzene rings is 3. The third-order valence-electron chi connectivity index (χ3n) is 6.09. The van der Waals surface area contributed by atoms with Gasteiger partial charge in [0.2, 0.25) is 0 Å². The standard InChI is InChI=1S/C28H33NO/c1-27(2,3)21-13-19(14-22(15-21)28(4,5)6)18-8-10-24-20(12-18)17-29-26-16-23(30-7)9-11-25(24)26/h8-16,29H,17H2,1-7H3. The summed E-state index contributed by atoms with van der Waals surface area (Å²) in [6, 6.07) is 20.3. The lowest BCUT2D eigenvalue weighted by Crippen LogP contribution is -2.16. The molecule has 0 saturated carbocycles. The normalized spacial score (nSPS) is 13.3. The van der Waals surface area contributed by atoms with Gasteiger partial charge in [0, 0.05) is 23.9 Å². The quantitative estimate of drug-likeness (QED) is 0.480. The molecule has 3 aromatic carbocycles. The molecule has 0 aromatic heterocycles. The Balaban J connectivity index is 1.81. The predicted molar refractivity (Wildman–Crippen MR) is 129 cm³/mol. The lowest BCUT2D eigenvalue weighted by Gasteiger charge is -2.27. The van der Waals surface area contributed by atoms with Crippen molar-refractivity contribution in [1.29, 1.82) is 0 Å².